The summed E-state index contributed by atoms with van der Waals surface area (Å²) in [5.74, 6) is 0. The molecule has 0 aliphatic heterocycles. The number of rotatable bonds is 4. The molecule has 0 unspecified atom stereocenters. The van der Waals surface area contributed by atoms with Crippen molar-refractivity contribution in [2.45, 2.75) is 5.41 Å². The Morgan fingerprint density at radius 3 is 1.85 bits per heavy atom. The Morgan fingerprint density at radius 2 is 1.05 bits per heavy atom. The van der Waals surface area contributed by atoms with Crippen molar-refractivity contribution in [2.24, 2.45) is 0 Å². The standard InChI is InChI=1S/C37H25NS/c1-3-13-25(14-4-1)37(26-15-5-2-6-16-26)30-20-9-7-18-29(30)35-31(37)21-12-22-32(35)38-33-23-11-19-28-27-17-8-10-24-34(27)39-36(28)33/h1-24,38H. The smallest absolute Gasteiger partial charge is 0.0714 e. The van der Waals surface area contributed by atoms with Crippen LogP contribution in [0.5, 0.6) is 0 Å². The van der Waals surface area contributed by atoms with Crippen LogP contribution in [-0.2, 0) is 5.41 Å². The van der Waals surface area contributed by atoms with Crippen molar-refractivity contribution in [1.82, 2.24) is 0 Å². The molecule has 0 fully saturated rings. The number of anilines is 2. The van der Waals surface area contributed by atoms with Crippen LogP contribution in [-0.4, -0.2) is 0 Å². The molecule has 1 aliphatic carbocycles. The van der Waals surface area contributed by atoms with Crippen LogP contribution in [0, 0.1) is 0 Å². The van der Waals surface area contributed by atoms with Gasteiger partial charge in [-0.25, -0.2) is 0 Å². The van der Waals surface area contributed by atoms with E-state index in [2.05, 4.69) is 151 Å². The fraction of sp³-hybridized carbons (Fsp3) is 0.0270. The summed E-state index contributed by atoms with van der Waals surface area (Å²) in [5, 5.41) is 6.52. The molecule has 8 rings (SSSR count). The highest BCUT2D eigenvalue weighted by Crippen LogP contribution is 2.58. The second kappa shape index (κ2) is 8.69. The average molecular weight is 516 g/mol. The second-order valence-electron chi connectivity index (χ2n) is 10.2. The van der Waals surface area contributed by atoms with E-state index in [4.69, 9.17) is 0 Å². The molecule has 0 radical (unpaired) electrons. The summed E-state index contributed by atoms with van der Waals surface area (Å²) in [6.07, 6.45) is 0. The van der Waals surface area contributed by atoms with E-state index in [1.165, 1.54) is 53.6 Å². The molecule has 1 N–H and O–H groups in total. The van der Waals surface area contributed by atoms with E-state index in [-0.39, 0.29) is 0 Å². The summed E-state index contributed by atoms with van der Waals surface area (Å²) >= 11 is 1.86. The molecule has 39 heavy (non-hydrogen) atoms. The van der Waals surface area contributed by atoms with Gasteiger partial charge >= 0.3 is 0 Å². The highest BCUT2D eigenvalue weighted by molar-refractivity contribution is 7.26. The maximum Gasteiger partial charge on any atom is 0.0714 e. The van der Waals surface area contributed by atoms with Gasteiger partial charge in [0.25, 0.3) is 0 Å². The van der Waals surface area contributed by atoms with Crippen LogP contribution in [0.1, 0.15) is 22.3 Å². The summed E-state index contributed by atoms with van der Waals surface area (Å²) in [6, 6.07) is 52.9. The normalized spacial score (nSPS) is 13.3. The molecule has 1 aliphatic rings. The van der Waals surface area contributed by atoms with Gasteiger partial charge in [-0.3, -0.25) is 0 Å². The molecule has 1 heterocycles. The minimum atomic E-state index is -0.393. The third kappa shape index (κ3) is 3.19. The van der Waals surface area contributed by atoms with E-state index in [0.717, 1.165) is 11.4 Å². The summed E-state index contributed by atoms with van der Waals surface area (Å²) < 4.78 is 2.61. The van der Waals surface area contributed by atoms with Gasteiger partial charge in [0.1, 0.15) is 0 Å². The maximum absolute atomic E-state index is 3.90. The first-order valence-corrected chi connectivity index (χ1v) is 14.2. The SMILES string of the molecule is c1ccc(C2(c3ccccc3)c3ccccc3-c3c(Nc4cccc5c4sc4ccccc45)cccc32)cc1. The van der Waals surface area contributed by atoms with Crippen LogP contribution in [0.25, 0.3) is 31.3 Å². The zero-order chi connectivity index (χ0) is 25.8. The Morgan fingerprint density at radius 1 is 0.462 bits per heavy atom. The predicted molar refractivity (Wildman–Crippen MR) is 166 cm³/mol. The van der Waals surface area contributed by atoms with Gasteiger partial charge in [0.2, 0.25) is 0 Å². The molecular formula is C37H25NS. The third-order valence-electron chi connectivity index (χ3n) is 8.16. The number of benzene rings is 6. The summed E-state index contributed by atoms with van der Waals surface area (Å²) in [7, 11) is 0. The lowest BCUT2D eigenvalue weighted by Crippen LogP contribution is -2.28. The highest BCUT2D eigenvalue weighted by atomic mass is 32.1. The van der Waals surface area contributed by atoms with Crippen molar-refractivity contribution in [1.29, 1.82) is 0 Å². The molecule has 0 saturated heterocycles. The van der Waals surface area contributed by atoms with Crippen LogP contribution >= 0.6 is 11.3 Å². The van der Waals surface area contributed by atoms with Gasteiger partial charge in [-0.15, -0.1) is 11.3 Å². The van der Waals surface area contributed by atoms with Crippen molar-refractivity contribution >= 4 is 42.9 Å². The van der Waals surface area contributed by atoms with Gasteiger partial charge in [0.15, 0.2) is 0 Å². The lowest BCUT2D eigenvalue weighted by atomic mass is 9.68. The van der Waals surface area contributed by atoms with Gasteiger partial charge in [0, 0.05) is 26.7 Å². The molecule has 6 aromatic carbocycles. The van der Waals surface area contributed by atoms with Crippen LogP contribution in [0.3, 0.4) is 0 Å². The number of hydrogen-bond donors (Lipinski definition) is 1. The third-order valence-corrected chi connectivity index (χ3v) is 9.38. The summed E-state index contributed by atoms with van der Waals surface area (Å²) in [6.45, 7) is 0. The van der Waals surface area contributed by atoms with Gasteiger partial charge in [-0.05, 0) is 46.0 Å². The molecule has 0 amide bonds. The maximum atomic E-state index is 3.90. The average Bonchev–Trinajstić information content (AvgIpc) is 3.54. The number of nitrogens with one attached hydrogen (secondary N) is 1. The molecule has 0 atom stereocenters. The van der Waals surface area contributed by atoms with Crippen LogP contribution in [0.15, 0.2) is 146 Å². The van der Waals surface area contributed by atoms with Crippen LogP contribution in [0.4, 0.5) is 11.4 Å². The first kappa shape index (κ1) is 22.3. The first-order chi connectivity index (χ1) is 19.4. The lowest BCUT2D eigenvalue weighted by molar-refractivity contribution is 0.768. The lowest BCUT2D eigenvalue weighted by Gasteiger charge is -2.33. The Bertz CT molecular complexity index is 1950. The van der Waals surface area contributed by atoms with E-state index in [1.807, 2.05) is 11.3 Å². The Kier molecular flexibility index (Phi) is 4.98. The van der Waals surface area contributed by atoms with Crippen molar-refractivity contribution in [3.63, 3.8) is 0 Å². The number of hydrogen-bond acceptors (Lipinski definition) is 2. The van der Waals surface area contributed by atoms with Gasteiger partial charge in [-0.1, -0.05) is 127 Å². The van der Waals surface area contributed by atoms with Gasteiger partial charge in [-0.2, -0.15) is 0 Å². The molecule has 1 aromatic heterocycles. The van der Waals surface area contributed by atoms with E-state index in [0.29, 0.717) is 0 Å². The summed E-state index contributed by atoms with van der Waals surface area (Å²) in [5.41, 5.74) is 9.66. The van der Waals surface area contributed by atoms with E-state index >= 15 is 0 Å². The zero-order valence-corrected chi connectivity index (χ0v) is 22.1. The number of thiophene rings is 1. The Hall–Kier alpha value is -4.66. The molecule has 0 spiro atoms. The van der Waals surface area contributed by atoms with Crippen LogP contribution < -0.4 is 5.32 Å². The topological polar surface area (TPSA) is 12.0 Å². The monoisotopic (exact) mass is 515 g/mol. The van der Waals surface area contributed by atoms with Gasteiger partial charge < -0.3 is 5.32 Å². The first-order valence-electron chi connectivity index (χ1n) is 13.4. The van der Waals surface area contributed by atoms with Crippen LogP contribution in [0.2, 0.25) is 0 Å². The Balaban J connectivity index is 1.40. The Labute approximate surface area is 232 Å². The fourth-order valence-electron chi connectivity index (χ4n) is 6.59. The predicted octanol–water partition coefficient (Wildman–Crippen LogP) is 10.2. The number of fused-ring (bicyclic) bond motifs is 6. The minimum Gasteiger partial charge on any atom is -0.354 e. The summed E-state index contributed by atoms with van der Waals surface area (Å²) in [4.78, 5) is 0. The van der Waals surface area contributed by atoms with E-state index in [1.54, 1.807) is 0 Å². The van der Waals surface area contributed by atoms with Crippen molar-refractivity contribution in [2.75, 3.05) is 5.32 Å². The molecule has 0 saturated carbocycles. The molecule has 0 bridgehead atoms. The molecular weight excluding hydrogens is 490 g/mol. The molecule has 2 heteroatoms. The van der Waals surface area contributed by atoms with Crippen molar-refractivity contribution in [3.8, 4) is 11.1 Å². The molecule has 7 aromatic rings. The van der Waals surface area contributed by atoms with Crippen molar-refractivity contribution < 1.29 is 0 Å². The molecule has 184 valence electrons. The minimum absolute atomic E-state index is 0.393. The fourth-order valence-corrected chi connectivity index (χ4v) is 7.76. The zero-order valence-electron chi connectivity index (χ0n) is 21.3. The van der Waals surface area contributed by atoms with Gasteiger partial charge in [0.05, 0.1) is 15.8 Å². The van der Waals surface area contributed by atoms with E-state index in [9.17, 15) is 0 Å². The van der Waals surface area contributed by atoms with Crippen molar-refractivity contribution in [3.05, 3.63) is 168 Å². The molecule has 1 nitrogen and oxygen atoms in total. The quantitative estimate of drug-likeness (QED) is 0.246. The van der Waals surface area contributed by atoms with E-state index < -0.39 is 5.41 Å². The largest absolute Gasteiger partial charge is 0.354 e. The highest BCUT2D eigenvalue weighted by Gasteiger charge is 2.46. The second-order valence-corrected chi connectivity index (χ2v) is 11.2.